The lowest BCUT2D eigenvalue weighted by molar-refractivity contribution is -0.131. The number of pyridine rings is 1. The highest BCUT2D eigenvalue weighted by atomic mass is 16.5. The van der Waals surface area contributed by atoms with Crippen molar-refractivity contribution < 1.29 is 14.3 Å². The van der Waals surface area contributed by atoms with Gasteiger partial charge in [0, 0.05) is 31.9 Å². The van der Waals surface area contributed by atoms with E-state index in [4.69, 9.17) is 14.7 Å². The van der Waals surface area contributed by atoms with E-state index in [1.54, 1.807) is 31.5 Å². The Hall–Kier alpha value is -3.07. The topological polar surface area (TPSA) is 75.5 Å². The average Bonchev–Trinajstić information content (AvgIpc) is 2.69. The molecule has 6 heteroatoms. The Kier molecular flexibility index (Phi) is 7.44. The van der Waals surface area contributed by atoms with Crippen LogP contribution in [0.2, 0.25) is 0 Å². The molecule has 0 aliphatic heterocycles. The molecule has 2 rings (SSSR count). The van der Waals surface area contributed by atoms with Crippen LogP contribution >= 0.6 is 0 Å². The summed E-state index contributed by atoms with van der Waals surface area (Å²) in [7, 11) is 3.18. The quantitative estimate of drug-likeness (QED) is 0.693. The monoisotopic (exact) mass is 353 g/mol. The third kappa shape index (κ3) is 5.49. The molecule has 26 heavy (non-hydrogen) atoms. The Morgan fingerprint density at radius 2 is 2.00 bits per heavy atom. The molecule has 2 aromatic rings. The van der Waals surface area contributed by atoms with Gasteiger partial charge in [-0.15, -0.1) is 0 Å². The van der Waals surface area contributed by atoms with Gasteiger partial charge in [0.1, 0.15) is 0 Å². The number of benzene rings is 1. The summed E-state index contributed by atoms with van der Waals surface area (Å²) in [6, 6.07) is 11.5. The number of ether oxygens (including phenoxy) is 2. The van der Waals surface area contributed by atoms with Crippen molar-refractivity contribution in [2.24, 2.45) is 0 Å². The van der Waals surface area contributed by atoms with Crippen LogP contribution in [0.5, 0.6) is 11.5 Å². The molecule has 0 bridgehead atoms. The van der Waals surface area contributed by atoms with E-state index < -0.39 is 0 Å². The van der Waals surface area contributed by atoms with Gasteiger partial charge in [0.05, 0.1) is 26.7 Å². The Balaban J connectivity index is 2.01. The molecule has 0 saturated heterocycles. The van der Waals surface area contributed by atoms with Crippen molar-refractivity contribution in [1.29, 1.82) is 5.26 Å². The number of methoxy groups -OCH3 is 2. The fourth-order valence-electron chi connectivity index (χ4n) is 2.63. The average molecular weight is 353 g/mol. The van der Waals surface area contributed by atoms with Gasteiger partial charge in [0.15, 0.2) is 11.5 Å². The fraction of sp³-hybridized carbons (Fsp3) is 0.350. The first kappa shape index (κ1) is 19.3. The molecule has 1 amide bonds. The molecule has 0 atom stereocenters. The minimum atomic E-state index is 0.0129. The molecule has 0 spiro atoms. The zero-order valence-corrected chi connectivity index (χ0v) is 15.1. The maximum atomic E-state index is 12.6. The number of nitrogens with zero attached hydrogens (tertiary/aromatic N) is 3. The maximum absolute atomic E-state index is 12.6. The lowest BCUT2D eigenvalue weighted by atomic mass is 10.1. The molecular weight excluding hydrogens is 330 g/mol. The van der Waals surface area contributed by atoms with E-state index >= 15 is 0 Å². The van der Waals surface area contributed by atoms with E-state index in [1.165, 1.54) is 0 Å². The standard InChI is InChI=1S/C20H23N3O3/c1-25-18-8-6-16(13-19(18)26-2)7-9-20(24)23(12-4-10-21)15-17-5-3-11-22-14-17/h3,5-6,8,11,13-14H,4,7,9,12,15H2,1-2H3. The smallest absolute Gasteiger partial charge is 0.223 e. The Bertz CT molecular complexity index is 757. The van der Waals surface area contributed by atoms with Crippen molar-refractivity contribution in [3.05, 3.63) is 53.9 Å². The number of nitriles is 1. The SMILES string of the molecule is COc1ccc(CCC(=O)N(CCC#N)Cc2cccnc2)cc1OC. The normalized spacial score (nSPS) is 10.0. The summed E-state index contributed by atoms with van der Waals surface area (Å²) in [4.78, 5) is 18.4. The van der Waals surface area contributed by atoms with E-state index in [-0.39, 0.29) is 5.91 Å². The summed E-state index contributed by atoms with van der Waals surface area (Å²) in [5.41, 5.74) is 1.95. The summed E-state index contributed by atoms with van der Waals surface area (Å²) >= 11 is 0. The molecule has 1 heterocycles. The number of carbonyl (C=O) groups excluding carboxylic acids is 1. The number of aryl methyl sites for hydroxylation is 1. The predicted octanol–water partition coefficient (Wildman–Crippen LogP) is 2.97. The van der Waals surface area contributed by atoms with Crippen molar-refractivity contribution in [3.63, 3.8) is 0 Å². The van der Waals surface area contributed by atoms with Crippen molar-refractivity contribution >= 4 is 5.91 Å². The van der Waals surface area contributed by atoms with Gasteiger partial charge in [0.25, 0.3) is 0 Å². The summed E-state index contributed by atoms with van der Waals surface area (Å²) in [6.07, 6.45) is 4.70. The van der Waals surface area contributed by atoms with Crippen LogP contribution in [0.3, 0.4) is 0 Å². The van der Waals surface area contributed by atoms with Gasteiger partial charge in [0.2, 0.25) is 5.91 Å². The molecule has 0 radical (unpaired) electrons. The molecule has 6 nitrogen and oxygen atoms in total. The number of aromatic nitrogens is 1. The second-order valence-corrected chi connectivity index (χ2v) is 5.77. The van der Waals surface area contributed by atoms with E-state index in [1.807, 2.05) is 30.3 Å². The molecule has 0 fully saturated rings. The van der Waals surface area contributed by atoms with Crippen LogP contribution in [-0.2, 0) is 17.8 Å². The Morgan fingerprint density at radius 1 is 1.19 bits per heavy atom. The zero-order chi connectivity index (χ0) is 18.8. The van der Waals surface area contributed by atoms with E-state index in [9.17, 15) is 4.79 Å². The van der Waals surface area contributed by atoms with Crippen LogP contribution < -0.4 is 9.47 Å². The predicted molar refractivity (Wildman–Crippen MR) is 97.8 cm³/mol. The Labute approximate surface area is 154 Å². The highest BCUT2D eigenvalue weighted by Gasteiger charge is 2.14. The van der Waals surface area contributed by atoms with Crippen LogP contribution in [0.15, 0.2) is 42.7 Å². The summed E-state index contributed by atoms with van der Waals surface area (Å²) in [6.45, 7) is 0.871. The fourth-order valence-corrected chi connectivity index (χ4v) is 2.63. The van der Waals surface area contributed by atoms with Crippen LogP contribution in [0, 0.1) is 11.3 Å². The van der Waals surface area contributed by atoms with Crippen molar-refractivity contribution in [2.75, 3.05) is 20.8 Å². The second kappa shape index (κ2) is 10.0. The van der Waals surface area contributed by atoms with Gasteiger partial charge in [-0.2, -0.15) is 5.26 Å². The molecule has 0 aliphatic carbocycles. The molecule has 1 aromatic carbocycles. The largest absolute Gasteiger partial charge is 0.493 e. The minimum absolute atomic E-state index is 0.0129. The highest BCUT2D eigenvalue weighted by molar-refractivity contribution is 5.76. The second-order valence-electron chi connectivity index (χ2n) is 5.77. The van der Waals surface area contributed by atoms with E-state index in [0.717, 1.165) is 11.1 Å². The van der Waals surface area contributed by atoms with Crippen molar-refractivity contribution in [1.82, 2.24) is 9.88 Å². The van der Waals surface area contributed by atoms with E-state index in [0.29, 0.717) is 43.9 Å². The number of carbonyl (C=O) groups is 1. The van der Waals surface area contributed by atoms with Gasteiger partial charge in [-0.05, 0) is 35.7 Å². The third-order valence-corrected chi connectivity index (χ3v) is 4.02. The minimum Gasteiger partial charge on any atom is -0.493 e. The number of hydrogen-bond acceptors (Lipinski definition) is 5. The maximum Gasteiger partial charge on any atom is 0.223 e. The summed E-state index contributed by atoms with van der Waals surface area (Å²) in [5.74, 6) is 1.32. The van der Waals surface area contributed by atoms with Gasteiger partial charge in [-0.1, -0.05) is 12.1 Å². The van der Waals surface area contributed by atoms with Gasteiger partial charge < -0.3 is 14.4 Å². The molecule has 0 aliphatic rings. The molecular formula is C20H23N3O3. The van der Waals surface area contributed by atoms with Crippen molar-refractivity contribution in [2.45, 2.75) is 25.8 Å². The summed E-state index contributed by atoms with van der Waals surface area (Å²) in [5, 5.41) is 8.85. The van der Waals surface area contributed by atoms with Gasteiger partial charge in [-0.25, -0.2) is 0 Å². The number of amides is 1. The first-order valence-electron chi connectivity index (χ1n) is 8.42. The molecule has 0 N–H and O–H groups in total. The first-order chi connectivity index (χ1) is 12.7. The molecule has 0 unspecified atom stereocenters. The van der Waals surface area contributed by atoms with Crippen LogP contribution in [0.1, 0.15) is 24.0 Å². The first-order valence-corrected chi connectivity index (χ1v) is 8.42. The lowest BCUT2D eigenvalue weighted by Gasteiger charge is -2.21. The molecule has 0 saturated carbocycles. The number of rotatable bonds is 9. The Morgan fingerprint density at radius 3 is 2.65 bits per heavy atom. The lowest BCUT2D eigenvalue weighted by Crippen LogP contribution is -2.31. The highest BCUT2D eigenvalue weighted by Crippen LogP contribution is 2.28. The third-order valence-electron chi connectivity index (χ3n) is 4.02. The van der Waals surface area contributed by atoms with Crippen LogP contribution in [-0.4, -0.2) is 36.6 Å². The van der Waals surface area contributed by atoms with Crippen molar-refractivity contribution in [3.8, 4) is 17.6 Å². The summed E-state index contributed by atoms with van der Waals surface area (Å²) < 4.78 is 10.5. The molecule has 136 valence electrons. The molecule has 1 aromatic heterocycles. The van der Waals surface area contributed by atoms with Crippen LogP contribution in [0.25, 0.3) is 0 Å². The van der Waals surface area contributed by atoms with Gasteiger partial charge in [-0.3, -0.25) is 9.78 Å². The zero-order valence-electron chi connectivity index (χ0n) is 15.1. The number of hydrogen-bond donors (Lipinski definition) is 0. The van der Waals surface area contributed by atoms with E-state index in [2.05, 4.69) is 11.1 Å². The van der Waals surface area contributed by atoms with Crippen LogP contribution in [0.4, 0.5) is 0 Å². The van der Waals surface area contributed by atoms with Gasteiger partial charge >= 0.3 is 0 Å².